The highest BCUT2D eigenvalue weighted by molar-refractivity contribution is 5.91. The standard InChI is InChI=1S/C33H36O7/c1-2-31(34)39-24-10-8-6-4-3-5-7-9-23-38-29-19-17-28(18-20-29)33(37)40-30-21-15-26(16-22-30)25-11-13-27(14-12-25)32(35)36/h2,11-22H,1,3-10,23-24H2,(H,35,36). The third kappa shape index (κ3) is 10.4. The zero-order chi connectivity index (χ0) is 28.6. The smallest absolute Gasteiger partial charge is 0.343 e. The molecule has 0 fully saturated rings. The van der Waals surface area contributed by atoms with Gasteiger partial charge in [-0.25, -0.2) is 14.4 Å². The van der Waals surface area contributed by atoms with Gasteiger partial charge in [0.1, 0.15) is 11.5 Å². The van der Waals surface area contributed by atoms with Crippen molar-refractivity contribution in [2.75, 3.05) is 13.2 Å². The molecule has 40 heavy (non-hydrogen) atoms. The second-order valence-corrected chi connectivity index (χ2v) is 9.37. The Kier molecular flexibility index (Phi) is 12.5. The number of esters is 2. The van der Waals surface area contributed by atoms with Crippen molar-refractivity contribution in [3.05, 3.63) is 96.6 Å². The average molecular weight is 545 g/mol. The first-order chi connectivity index (χ1) is 19.5. The molecule has 7 heteroatoms. The Balaban J connectivity index is 1.29. The molecule has 0 spiro atoms. The second-order valence-electron chi connectivity index (χ2n) is 9.37. The maximum atomic E-state index is 12.5. The van der Waals surface area contributed by atoms with Crippen molar-refractivity contribution in [3.63, 3.8) is 0 Å². The zero-order valence-corrected chi connectivity index (χ0v) is 22.7. The number of carboxylic acids is 1. The predicted octanol–water partition coefficient (Wildman–Crippen LogP) is 7.50. The van der Waals surface area contributed by atoms with E-state index in [4.69, 9.17) is 19.3 Å². The van der Waals surface area contributed by atoms with Crippen LogP contribution >= 0.6 is 0 Å². The number of aromatic carboxylic acids is 1. The molecule has 0 aliphatic heterocycles. The Bertz CT molecular complexity index is 1230. The van der Waals surface area contributed by atoms with Crippen molar-refractivity contribution in [2.24, 2.45) is 0 Å². The van der Waals surface area contributed by atoms with Crippen molar-refractivity contribution in [3.8, 4) is 22.6 Å². The van der Waals surface area contributed by atoms with Crippen LogP contribution in [-0.2, 0) is 9.53 Å². The molecule has 0 aromatic heterocycles. The summed E-state index contributed by atoms with van der Waals surface area (Å²) >= 11 is 0. The number of carbonyl (C=O) groups excluding carboxylic acids is 2. The van der Waals surface area contributed by atoms with Gasteiger partial charge in [0.2, 0.25) is 0 Å². The number of carbonyl (C=O) groups is 3. The molecule has 1 N–H and O–H groups in total. The summed E-state index contributed by atoms with van der Waals surface area (Å²) in [4.78, 5) is 34.5. The van der Waals surface area contributed by atoms with E-state index >= 15 is 0 Å². The minimum Gasteiger partial charge on any atom is -0.494 e. The van der Waals surface area contributed by atoms with Gasteiger partial charge in [-0.15, -0.1) is 0 Å². The summed E-state index contributed by atoms with van der Waals surface area (Å²) < 4.78 is 16.2. The summed E-state index contributed by atoms with van der Waals surface area (Å²) in [5.74, 6) is -0.643. The first-order valence-electron chi connectivity index (χ1n) is 13.6. The van der Waals surface area contributed by atoms with E-state index in [2.05, 4.69) is 6.58 Å². The number of unbranched alkanes of at least 4 members (excludes halogenated alkanes) is 7. The predicted molar refractivity (Wildman–Crippen MR) is 154 cm³/mol. The minimum absolute atomic E-state index is 0.229. The van der Waals surface area contributed by atoms with E-state index in [-0.39, 0.29) is 11.5 Å². The summed E-state index contributed by atoms with van der Waals surface area (Å²) in [7, 11) is 0. The van der Waals surface area contributed by atoms with Gasteiger partial charge in [-0.3, -0.25) is 0 Å². The van der Waals surface area contributed by atoms with E-state index in [0.29, 0.717) is 30.3 Å². The third-order valence-electron chi connectivity index (χ3n) is 6.34. The molecule has 210 valence electrons. The van der Waals surface area contributed by atoms with Gasteiger partial charge in [0.15, 0.2) is 0 Å². The first kappa shape index (κ1) is 30.2. The molecule has 0 radical (unpaired) electrons. The fourth-order valence-electron chi connectivity index (χ4n) is 4.06. The maximum absolute atomic E-state index is 12.5. The molecule has 0 saturated heterocycles. The van der Waals surface area contributed by atoms with Crippen LogP contribution in [0, 0.1) is 0 Å². The molecule has 0 bridgehead atoms. The van der Waals surface area contributed by atoms with Crippen molar-refractivity contribution in [2.45, 2.75) is 51.4 Å². The van der Waals surface area contributed by atoms with Gasteiger partial charge < -0.3 is 19.3 Å². The first-order valence-corrected chi connectivity index (χ1v) is 13.6. The number of hydrogen-bond donors (Lipinski definition) is 1. The number of carboxylic acid groups (broad SMARTS) is 1. The molecule has 0 heterocycles. The molecular formula is C33H36O7. The third-order valence-corrected chi connectivity index (χ3v) is 6.34. The van der Waals surface area contributed by atoms with Crippen LogP contribution in [0.5, 0.6) is 11.5 Å². The number of rotatable bonds is 17. The molecule has 3 rings (SSSR count). The highest BCUT2D eigenvalue weighted by Gasteiger charge is 2.10. The lowest BCUT2D eigenvalue weighted by Gasteiger charge is -2.08. The van der Waals surface area contributed by atoms with Crippen LogP contribution in [0.1, 0.15) is 72.1 Å². The number of benzene rings is 3. The van der Waals surface area contributed by atoms with E-state index in [1.165, 1.54) is 18.9 Å². The molecule has 0 amide bonds. The van der Waals surface area contributed by atoms with E-state index in [0.717, 1.165) is 49.7 Å². The highest BCUT2D eigenvalue weighted by Crippen LogP contribution is 2.24. The molecule has 3 aromatic carbocycles. The Morgan fingerprint density at radius 3 is 1.65 bits per heavy atom. The lowest BCUT2D eigenvalue weighted by atomic mass is 10.0. The van der Waals surface area contributed by atoms with Gasteiger partial charge in [0.25, 0.3) is 0 Å². The molecule has 0 saturated carbocycles. The van der Waals surface area contributed by atoms with Gasteiger partial charge in [0, 0.05) is 6.08 Å². The molecular weight excluding hydrogens is 508 g/mol. The van der Waals surface area contributed by atoms with Crippen molar-refractivity contribution in [1.29, 1.82) is 0 Å². The number of ether oxygens (including phenoxy) is 3. The fraction of sp³-hybridized carbons (Fsp3) is 0.303. The largest absolute Gasteiger partial charge is 0.494 e. The quantitative estimate of drug-likeness (QED) is 0.0813. The Morgan fingerprint density at radius 2 is 1.10 bits per heavy atom. The molecule has 0 atom stereocenters. The average Bonchev–Trinajstić information content (AvgIpc) is 2.98. The van der Waals surface area contributed by atoms with Crippen LogP contribution in [0.3, 0.4) is 0 Å². The van der Waals surface area contributed by atoms with Gasteiger partial charge >= 0.3 is 17.9 Å². The summed E-state index contributed by atoms with van der Waals surface area (Å²) in [5, 5.41) is 9.03. The normalized spacial score (nSPS) is 10.5. The molecule has 0 aliphatic carbocycles. The Hall–Kier alpha value is -4.39. The van der Waals surface area contributed by atoms with Crippen LogP contribution < -0.4 is 9.47 Å². The lowest BCUT2D eigenvalue weighted by Crippen LogP contribution is -2.08. The van der Waals surface area contributed by atoms with Crippen LogP contribution in [0.25, 0.3) is 11.1 Å². The van der Waals surface area contributed by atoms with Crippen molar-refractivity contribution >= 4 is 17.9 Å². The van der Waals surface area contributed by atoms with Crippen LogP contribution in [0.4, 0.5) is 0 Å². The topological polar surface area (TPSA) is 99.1 Å². The molecule has 0 aliphatic rings. The van der Waals surface area contributed by atoms with Crippen molar-refractivity contribution < 1.29 is 33.7 Å². The van der Waals surface area contributed by atoms with E-state index in [9.17, 15) is 14.4 Å². The zero-order valence-electron chi connectivity index (χ0n) is 22.7. The van der Waals surface area contributed by atoms with E-state index in [1.54, 1.807) is 60.7 Å². The van der Waals surface area contributed by atoms with Crippen LogP contribution in [0.2, 0.25) is 0 Å². The minimum atomic E-state index is -0.967. The Labute approximate surface area is 235 Å². The molecule has 0 unspecified atom stereocenters. The highest BCUT2D eigenvalue weighted by atomic mass is 16.5. The van der Waals surface area contributed by atoms with Gasteiger partial charge in [0.05, 0.1) is 24.3 Å². The summed E-state index contributed by atoms with van der Waals surface area (Å²) in [6, 6.07) is 20.6. The summed E-state index contributed by atoms with van der Waals surface area (Å²) in [5.41, 5.74) is 2.42. The van der Waals surface area contributed by atoms with Crippen LogP contribution in [0.15, 0.2) is 85.5 Å². The maximum Gasteiger partial charge on any atom is 0.343 e. The molecule has 3 aromatic rings. The van der Waals surface area contributed by atoms with E-state index < -0.39 is 11.9 Å². The van der Waals surface area contributed by atoms with Gasteiger partial charge in [-0.1, -0.05) is 69.4 Å². The SMILES string of the molecule is C=CC(=O)OCCCCCCCCCCOc1ccc(C(=O)Oc2ccc(-c3ccc(C(=O)O)cc3)cc2)cc1. The summed E-state index contributed by atoms with van der Waals surface area (Å²) in [6.45, 7) is 4.47. The molecule has 7 nitrogen and oxygen atoms in total. The van der Waals surface area contributed by atoms with Gasteiger partial charge in [-0.2, -0.15) is 0 Å². The van der Waals surface area contributed by atoms with Crippen molar-refractivity contribution in [1.82, 2.24) is 0 Å². The lowest BCUT2D eigenvalue weighted by molar-refractivity contribution is -0.137. The second kappa shape index (κ2) is 16.5. The Morgan fingerprint density at radius 1 is 0.625 bits per heavy atom. The van der Waals surface area contributed by atoms with Gasteiger partial charge in [-0.05, 0) is 72.5 Å². The number of hydrogen-bond acceptors (Lipinski definition) is 6. The van der Waals surface area contributed by atoms with Crippen LogP contribution in [-0.4, -0.2) is 36.2 Å². The summed E-state index contributed by atoms with van der Waals surface area (Å²) in [6.07, 6.45) is 9.90. The fourth-order valence-corrected chi connectivity index (χ4v) is 4.06. The monoisotopic (exact) mass is 544 g/mol. The van der Waals surface area contributed by atoms with E-state index in [1.807, 2.05) is 12.1 Å².